The first kappa shape index (κ1) is 11.7. The molecule has 1 saturated heterocycles. The molecular weight excluding hydrogens is 300 g/mol. The van der Waals surface area contributed by atoms with Gasteiger partial charge in [0.2, 0.25) is 0 Å². The quantitative estimate of drug-likeness (QED) is 0.803. The van der Waals surface area contributed by atoms with Crippen LogP contribution in [0.25, 0.3) is 5.57 Å². The lowest BCUT2D eigenvalue weighted by atomic mass is 9.84. The number of nitrogens with zero attached hydrogens (tertiary/aromatic N) is 1. The molecule has 0 amide bonds. The van der Waals surface area contributed by atoms with Crippen LogP contribution in [0, 0.1) is 11.8 Å². The standard InChI is InChI=1S/C13H14BrClN2/c14-13-12(15)5-9(6-17-13)10-2-1-8-3-4-16-7-11(8)10/h2,5-6,8,11,16H,1,3-4,7H2/t8-,11+/m0/s1. The first-order chi connectivity index (χ1) is 8.25. The van der Waals surface area contributed by atoms with Gasteiger partial charge in [-0.3, -0.25) is 0 Å². The van der Waals surface area contributed by atoms with Gasteiger partial charge in [0.05, 0.1) is 5.02 Å². The van der Waals surface area contributed by atoms with Crippen LogP contribution < -0.4 is 5.32 Å². The number of rotatable bonds is 1. The summed E-state index contributed by atoms with van der Waals surface area (Å²) in [6, 6.07) is 2.02. The van der Waals surface area contributed by atoms with Crippen molar-refractivity contribution in [1.82, 2.24) is 10.3 Å². The second-order valence-corrected chi connectivity index (χ2v) is 5.91. The van der Waals surface area contributed by atoms with E-state index in [1.54, 1.807) is 0 Å². The Bertz CT molecular complexity index is 472. The Labute approximate surface area is 115 Å². The Morgan fingerprint density at radius 1 is 1.47 bits per heavy atom. The van der Waals surface area contributed by atoms with Crippen LogP contribution >= 0.6 is 27.5 Å². The summed E-state index contributed by atoms with van der Waals surface area (Å²) in [6.45, 7) is 2.24. The van der Waals surface area contributed by atoms with Gasteiger partial charge >= 0.3 is 0 Å². The molecule has 0 aromatic carbocycles. The second kappa shape index (κ2) is 4.71. The molecule has 1 aliphatic carbocycles. The Balaban J connectivity index is 1.91. The molecule has 4 heteroatoms. The zero-order chi connectivity index (χ0) is 11.8. The zero-order valence-corrected chi connectivity index (χ0v) is 11.8. The molecule has 2 atom stereocenters. The Kier molecular flexibility index (Phi) is 3.24. The highest BCUT2D eigenvalue weighted by Gasteiger charge is 2.32. The Hall–Kier alpha value is -0.380. The van der Waals surface area contributed by atoms with Crippen molar-refractivity contribution in [2.24, 2.45) is 11.8 Å². The van der Waals surface area contributed by atoms with E-state index < -0.39 is 0 Å². The molecule has 1 aromatic rings. The van der Waals surface area contributed by atoms with Crippen molar-refractivity contribution in [3.63, 3.8) is 0 Å². The first-order valence-corrected chi connectivity index (χ1v) is 7.15. The number of nitrogens with one attached hydrogen (secondary N) is 1. The largest absolute Gasteiger partial charge is 0.316 e. The predicted octanol–water partition coefficient (Wildman–Crippen LogP) is 3.51. The van der Waals surface area contributed by atoms with E-state index in [9.17, 15) is 0 Å². The van der Waals surface area contributed by atoms with Crippen molar-refractivity contribution in [2.45, 2.75) is 12.8 Å². The summed E-state index contributed by atoms with van der Waals surface area (Å²) in [4.78, 5) is 4.28. The van der Waals surface area contributed by atoms with Crippen LogP contribution in [0.2, 0.25) is 5.02 Å². The number of hydrogen-bond acceptors (Lipinski definition) is 2. The molecule has 2 nitrogen and oxygen atoms in total. The molecule has 1 aliphatic heterocycles. The first-order valence-electron chi connectivity index (χ1n) is 5.98. The third kappa shape index (κ3) is 2.16. The van der Waals surface area contributed by atoms with Crippen LogP contribution in [0.3, 0.4) is 0 Å². The number of halogens is 2. The average Bonchev–Trinajstić information content (AvgIpc) is 2.76. The van der Waals surface area contributed by atoms with E-state index in [0.29, 0.717) is 10.9 Å². The highest BCUT2D eigenvalue weighted by atomic mass is 79.9. The lowest BCUT2D eigenvalue weighted by Gasteiger charge is -2.28. The zero-order valence-electron chi connectivity index (χ0n) is 9.42. The highest BCUT2D eigenvalue weighted by Crippen LogP contribution is 2.41. The summed E-state index contributed by atoms with van der Waals surface area (Å²) >= 11 is 9.45. The number of pyridine rings is 1. The summed E-state index contributed by atoms with van der Waals surface area (Å²) in [7, 11) is 0. The Morgan fingerprint density at radius 3 is 3.18 bits per heavy atom. The van der Waals surface area contributed by atoms with Crippen molar-refractivity contribution in [1.29, 1.82) is 0 Å². The minimum Gasteiger partial charge on any atom is -0.316 e. The van der Waals surface area contributed by atoms with Gasteiger partial charge in [0.25, 0.3) is 0 Å². The molecule has 2 heterocycles. The third-order valence-corrected chi connectivity index (χ3v) is 4.94. The monoisotopic (exact) mass is 312 g/mol. The fraction of sp³-hybridized carbons (Fsp3) is 0.462. The SMILES string of the molecule is Clc1cc(C2=CC[C@H]3CCNC[C@@H]23)cnc1Br. The van der Waals surface area contributed by atoms with E-state index in [2.05, 4.69) is 32.3 Å². The topological polar surface area (TPSA) is 24.9 Å². The van der Waals surface area contributed by atoms with Crippen LogP contribution in [0.15, 0.2) is 22.9 Å². The molecule has 2 aliphatic rings. The molecule has 1 fully saturated rings. The number of aromatic nitrogens is 1. The van der Waals surface area contributed by atoms with Gasteiger partial charge in [-0.15, -0.1) is 0 Å². The van der Waals surface area contributed by atoms with E-state index in [0.717, 1.165) is 23.6 Å². The van der Waals surface area contributed by atoms with Crippen LogP contribution in [0.5, 0.6) is 0 Å². The number of allylic oxidation sites excluding steroid dienone is 1. The minimum absolute atomic E-state index is 0.641. The van der Waals surface area contributed by atoms with Crippen molar-refractivity contribution < 1.29 is 0 Å². The van der Waals surface area contributed by atoms with Crippen molar-refractivity contribution in [3.05, 3.63) is 33.5 Å². The molecule has 0 radical (unpaired) electrons. The minimum atomic E-state index is 0.641. The smallest absolute Gasteiger partial charge is 0.124 e. The van der Waals surface area contributed by atoms with E-state index in [-0.39, 0.29) is 0 Å². The summed E-state index contributed by atoms with van der Waals surface area (Å²) in [5.74, 6) is 1.46. The second-order valence-electron chi connectivity index (χ2n) is 4.75. The number of hydrogen-bond donors (Lipinski definition) is 1. The van der Waals surface area contributed by atoms with E-state index >= 15 is 0 Å². The fourth-order valence-corrected chi connectivity index (χ4v) is 3.28. The van der Waals surface area contributed by atoms with E-state index in [1.807, 2.05) is 12.3 Å². The van der Waals surface area contributed by atoms with Gasteiger partial charge in [-0.25, -0.2) is 4.98 Å². The molecule has 1 aromatic heterocycles. The van der Waals surface area contributed by atoms with Crippen LogP contribution in [0.1, 0.15) is 18.4 Å². The summed E-state index contributed by atoms with van der Waals surface area (Å²) < 4.78 is 0.722. The van der Waals surface area contributed by atoms with Gasteiger partial charge in [-0.2, -0.15) is 0 Å². The molecule has 0 spiro atoms. The summed E-state index contributed by atoms with van der Waals surface area (Å²) in [6.07, 6.45) is 6.76. The van der Waals surface area contributed by atoms with E-state index in [1.165, 1.54) is 24.0 Å². The lowest BCUT2D eigenvalue weighted by molar-refractivity contribution is 0.328. The molecule has 1 N–H and O–H groups in total. The maximum Gasteiger partial charge on any atom is 0.124 e. The third-order valence-electron chi connectivity index (χ3n) is 3.79. The molecular formula is C13H14BrClN2. The molecule has 0 bridgehead atoms. The van der Waals surface area contributed by atoms with E-state index in [4.69, 9.17) is 11.6 Å². The van der Waals surface area contributed by atoms with Gasteiger partial charge < -0.3 is 5.32 Å². The maximum atomic E-state index is 6.12. The molecule has 3 rings (SSSR count). The molecule has 90 valence electrons. The van der Waals surface area contributed by atoms with Crippen molar-refractivity contribution in [3.8, 4) is 0 Å². The van der Waals surface area contributed by atoms with Gasteiger partial charge in [-0.05, 0) is 64.4 Å². The normalized spacial score (nSPS) is 27.8. The predicted molar refractivity (Wildman–Crippen MR) is 74.0 cm³/mol. The maximum absolute atomic E-state index is 6.12. The number of piperidine rings is 1. The van der Waals surface area contributed by atoms with Gasteiger partial charge in [0.15, 0.2) is 0 Å². The summed E-state index contributed by atoms with van der Waals surface area (Å²) in [5.41, 5.74) is 2.60. The summed E-state index contributed by atoms with van der Waals surface area (Å²) in [5, 5.41) is 4.17. The molecule has 0 unspecified atom stereocenters. The van der Waals surface area contributed by atoms with Gasteiger partial charge in [0, 0.05) is 12.7 Å². The number of fused-ring (bicyclic) bond motifs is 1. The van der Waals surface area contributed by atoms with Crippen molar-refractivity contribution >= 4 is 33.1 Å². The average molecular weight is 314 g/mol. The van der Waals surface area contributed by atoms with Gasteiger partial charge in [0.1, 0.15) is 4.60 Å². The van der Waals surface area contributed by atoms with Crippen LogP contribution in [0.4, 0.5) is 0 Å². The van der Waals surface area contributed by atoms with Crippen LogP contribution in [-0.4, -0.2) is 18.1 Å². The Morgan fingerprint density at radius 2 is 2.35 bits per heavy atom. The lowest BCUT2D eigenvalue weighted by Crippen LogP contribution is -2.34. The molecule has 17 heavy (non-hydrogen) atoms. The fourth-order valence-electron chi connectivity index (χ4n) is 2.90. The van der Waals surface area contributed by atoms with Crippen LogP contribution in [-0.2, 0) is 0 Å². The highest BCUT2D eigenvalue weighted by molar-refractivity contribution is 9.10. The van der Waals surface area contributed by atoms with Crippen molar-refractivity contribution in [2.75, 3.05) is 13.1 Å². The molecule has 0 saturated carbocycles. The van der Waals surface area contributed by atoms with Gasteiger partial charge in [-0.1, -0.05) is 17.7 Å².